The summed E-state index contributed by atoms with van der Waals surface area (Å²) in [6.45, 7) is 0.0911. The average Bonchev–Trinajstić information content (AvgIpc) is 3.10. The van der Waals surface area contributed by atoms with Crippen molar-refractivity contribution in [2.45, 2.75) is 5.92 Å². The van der Waals surface area contributed by atoms with Crippen molar-refractivity contribution in [1.82, 2.24) is 0 Å². The molecule has 2 aliphatic rings. The van der Waals surface area contributed by atoms with Crippen LogP contribution < -0.4 is 9.47 Å². The van der Waals surface area contributed by atoms with Gasteiger partial charge in [0.05, 0.1) is 18.1 Å². The van der Waals surface area contributed by atoms with Gasteiger partial charge in [0.25, 0.3) is 0 Å². The lowest BCUT2D eigenvalue weighted by molar-refractivity contribution is 0.0958. The second-order valence-electron chi connectivity index (χ2n) is 6.01. The van der Waals surface area contributed by atoms with Crippen molar-refractivity contribution in [3.63, 3.8) is 0 Å². The lowest BCUT2D eigenvalue weighted by Crippen LogP contribution is -2.08. The molecule has 0 amide bonds. The van der Waals surface area contributed by atoms with Gasteiger partial charge in [-0.3, -0.25) is 4.79 Å². The van der Waals surface area contributed by atoms with Crippen LogP contribution in [0.5, 0.6) is 11.5 Å². The number of nitrogens with zero attached hydrogens (tertiary/aromatic N) is 2. The zero-order valence-electron chi connectivity index (χ0n) is 12.9. The molecular formula is C19H11ClN2O3. The molecule has 1 heterocycles. The molecule has 6 heteroatoms. The Labute approximate surface area is 149 Å². The van der Waals surface area contributed by atoms with Crippen molar-refractivity contribution >= 4 is 17.4 Å². The van der Waals surface area contributed by atoms with Gasteiger partial charge in [-0.15, -0.1) is 0 Å². The lowest BCUT2D eigenvalue weighted by atomic mass is 10.0. The first-order valence-electron chi connectivity index (χ1n) is 7.63. The van der Waals surface area contributed by atoms with Gasteiger partial charge in [-0.1, -0.05) is 41.9 Å². The molecule has 0 saturated heterocycles. The molecule has 2 aromatic rings. The molecule has 0 spiro atoms. The summed E-state index contributed by atoms with van der Waals surface area (Å²) in [6, 6.07) is 16.0. The molecule has 1 aliphatic carbocycles. The third-order valence-corrected chi connectivity index (χ3v) is 5.07. The van der Waals surface area contributed by atoms with E-state index in [1.807, 2.05) is 12.1 Å². The predicted octanol–water partition coefficient (Wildman–Crippen LogP) is 3.70. The molecule has 1 aliphatic heterocycles. The fraction of sp³-hybridized carbons (Fsp3) is 0.211. The van der Waals surface area contributed by atoms with E-state index < -0.39 is 17.3 Å². The Balaban J connectivity index is 1.78. The number of ketones is 1. The minimum absolute atomic E-state index is 0.0911. The number of rotatable bonds is 3. The van der Waals surface area contributed by atoms with Crippen LogP contribution >= 0.6 is 11.6 Å². The van der Waals surface area contributed by atoms with E-state index in [0.29, 0.717) is 27.6 Å². The highest BCUT2D eigenvalue weighted by molar-refractivity contribution is 6.31. The Morgan fingerprint density at radius 3 is 2.40 bits per heavy atom. The van der Waals surface area contributed by atoms with E-state index in [2.05, 4.69) is 0 Å². The summed E-state index contributed by atoms with van der Waals surface area (Å²) < 4.78 is 10.6. The topological polar surface area (TPSA) is 83.1 Å². The van der Waals surface area contributed by atoms with Crippen LogP contribution in [0.25, 0.3) is 0 Å². The predicted molar refractivity (Wildman–Crippen MR) is 88.2 cm³/mol. The van der Waals surface area contributed by atoms with Crippen molar-refractivity contribution in [1.29, 1.82) is 10.5 Å². The molecule has 0 aromatic heterocycles. The fourth-order valence-electron chi connectivity index (χ4n) is 3.43. The van der Waals surface area contributed by atoms with Crippen LogP contribution in [-0.4, -0.2) is 12.6 Å². The van der Waals surface area contributed by atoms with Crippen molar-refractivity contribution in [3.8, 4) is 23.6 Å². The molecule has 122 valence electrons. The van der Waals surface area contributed by atoms with Gasteiger partial charge in [0, 0.05) is 22.6 Å². The average molecular weight is 351 g/mol. The normalized spacial score (nSPS) is 21.9. The van der Waals surface area contributed by atoms with Crippen LogP contribution in [0, 0.1) is 34.0 Å². The first-order valence-corrected chi connectivity index (χ1v) is 8.01. The standard InChI is InChI=1S/C19H11ClN2O3/c20-13-7-15-14(24-10-25-15)6-12(13)16-17(19(16,8-21)9-22)18(23)11-4-2-1-3-5-11/h1-7,16-17H,10H2/t16-,17-/m0/s1. The Kier molecular flexibility index (Phi) is 3.42. The fourth-order valence-corrected chi connectivity index (χ4v) is 3.70. The molecule has 2 aromatic carbocycles. The second-order valence-corrected chi connectivity index (χ2v) is 6.41. The third-order valence-electron chi connectivity index (χ3n) is 4.74. The first-order chi connectivity index (χ1) is 12.1. The van der Waals surface area contributed by atoms with Crippen molar-refractivity contribution in [2.24, 2.45) is 11.3 Å². The SMILES string of the molecule is N#CC1(C#N)[C@H](C(=O)c2ccccc2)[C@@H]1c1cc2c(cc1Cl)OCO2. The summed E-state index contributed by atoms with van der Waals surface area (Å²) in [5, 5.41) is 19.6. The highest BCUT2D eigenvalue weighted by Crippen LogP contribution is 2.66. The maximum Gasteiger partial charge on any atom is 0.231 e. The van der Waals surface area contributed by atoms with Gasteiger partial charge in [0.2, 0.25) is 6.79 Å². The summed E-state index contributed by atoms with van der Waals surface area (Å²) in [6.07, 6.45) is 0. The summed E-state index contributed by atoms with van der Waals surface area (Å²) >= 11 is 6.33. The van der Waals surface area contributed by atoms with Gasteiger partial charge in [-0.2, -0.15) is 10.5 Å². The molecule has 1 saturated carbocycles. The molecule has 0 unspecified atom stereocenters. The molecule has 0 bridgehead atoms. The molecule has 0 radical (unpaired) electrons. The van der Waals surface area contributed by atoms with Gasteiger partial charge < -0.3 is 9.47 Å². The van der Waals surface area contributed by atoms with Crippen molar-refractivity contribution < 1.29 is 14.3 Å². The Bertz CT molecular complexity index is 945. The van der Waals surface area contributed by atoms with E-state index in [1.165, 1.54) is 0 Å². The number of carbonyl (C=O) groups is 1. The second kappa shape index (κ2) is 5.51. The minimum Gasteiger partial charge on any atom is -0.454 e. The zero-order valence-corrected chi connectivity index (χ0v) is 13.7. The Hall–Kier alpha value is -3.02. The largest absolute Gasteiger partial charge is 0.454 e. The molecule has 25 heavy (non-hydrogen) atoms. The van der Waals surface area contributed by atoms with Crippen LogP contribution in [0.2, 0.25) is 5.02 Å². The number of halogens is 1. The van der Waals surface area contributed by atoms with Crippen LogP contribution in [0.3, 0.4) is 0 Å². The maximum atomic E-state index is 12.9. The van der Waals surface area contributed by atoms with Crippen LogP contribution in [0.15, 0.2) is 42.5 Å². The van der Waals surface area contributed by atoms with E-state index in [1.54, 1.807) is 42.5 Å². The van der Waals surface area contributed by atoms with E-state index in [0.717, 1.165) is 0 Å². The molecule has 4 rings (SSSR count). The smallest absolute Gasteiger partial charge is 0.231 e. The van der Waals surface area contributed by atoms with Crippen molar-refractivity contribution in [3.05, 3.63) is 58.6 Å². The molecule has 2 atom stereocenters. The summed E-state index contributed by atoms with van der Waals surface area (Å²) in [5.74, 6) is -0.579. The van der Waals surface area contributed by atoms with Gasteiger partial charge in [0.1, 0.15) is 0 Å². The van der Waals surface area contributed by atoms with Gasteiger partial charge in [0.15, 0.2) is 22.7 Å². The van der Waals surface area contributed by atoms with Gasteiger partial charge in [-0.05, 0) is 11.6 Å². The molecule has 1 fully saturated rings. The van der Waals surface area contributed by atoms with E-state index >= 15 is 0 Å². The van der Waals surface area contributed by atoms with E-state index in [9.17, 15) is 15.3 Å². The van der Waals surface area contributed by atoms with E-state index in [4.69, 9.17) is 21.1 Å². The number of carbonyl (C=O) groups excluding carboxylic acids is 1. The third kappa shape index (κ3) is 2.17. The monoisotopic (exact) mass is 350 g/mol. The molecular weight excluding hydrogens is 340 g/mol. The number of hydrogen-bond donors (Lipinski definition) is 0. The number of benzene rings is 2. The zero-order chi connectivity index (χ0) is 17.6. The highest BCUT2D eigenvalue weighted by Gasteiger charge is 2.71. The molecule has 5 nitrogen and oxygen atoms in total. The van der Waals surface area contributed by atoms with Gasteiger partial charge in [-0.25, -0.2) is 0 Å². The molecule has 0 N–H and O–H groups in total. The Morgan fingerprint density at radius 1 is 1.12 bits per heavy atom. The van der Waals surface area contributed by atoms with Gasteiger partial charge >= 0.3 is 0 Å². The first kappa shape index (κ1) is 15.5. The number of nitriles is 2. The highest BCUT2D eigenvalue weighted by atomic mass is 35.5. The van der Waals surface area contributed by atoms with Crippen LogP contribution in [0.4, 0.5) is 0 Å². The maximum absolute atomic E-state index is 12.9. The summed E-state index contributed by atoms with van der Waals surface area (Å²) in [5.41, 5.74) is -0.394. The quantitative estimate of drug-likeness (QED) is 0.788. The van der Waals surface area contributed by atoms with Crippen molar-refractivity contribution in [2.75, 3.05) is 6.79 Å². The number of hydrogen-bond acceptors (Lipinski definition) is 5. The number of ether oxygens (including phenoxy) is 2. The summed E-state index contributed by atoms with van der Waals surface area (Å²) in [4.78, 5) is 12.9. The Morgan fingerprint density at radius 2 is 1.76 bits per heavy atom. The lowest BCUT2D eigenvalue weighted by Gasteiger charge is -2.06. The number of Topliss-reactive ketones (excluding diaryl/α,β-unsaturated/α-hetero) is 1. The van der Waals surface area contributed by atoms with E-state index in [-0.39, 0.29) is 12.6 Å². The minimum atomic E-state index is -1.43. The van der Waals surface area contributed by atoms with Crippen LogP contribution in [-0.2, 0) is 0 Å². The van der Waals surface area contributed by atoms with Crippen LogP contribution in [0.1, 0.15) is 21.8 Å². The number of fused-ring (bicyclic) bond motifs is 1. The summed E-state index contributed by atoms with van der Waals surface area (Å²) in [7, 11) is 0.